The third kappa shape index (κ3) is 3.78. The van der Waals surface area contributed by atoms with Gasteiger partial charge in [0.2, 0.25) is 11.6 Å². The molecule has 0 spiro atoms. The fourth-order valence-electron chi connectivity index (χ4n) is 2.91. The Kier molecular flexibility index (Phi) is 4.92. The van der Waals surface area contributed by atoms with Crippen LogP contribution in [0.5, 0.6) is 0 Å². The summed E-state index contributed by atoms with van der Waals surface area (Å²) in [7, 11) is 0. The molecule has 0 bridgehead atoms. The zero-order chi connectivity index (χ0) is 20.4. The predicted octanol–water partition coefficient (Wildman–Crippen LogP) is 5.82. The number of hydrogen-bond donors (Lipinski definition) is 2. The van der Waals surface area contributed by atoms with E-state index in [2.05, 4.69) is 20.6 Å². The van der Waals surface area contributed by atoms with Crippen LogP contribution in [0.3, 0.4) is 0 Å². The average molecular weight is 410 g/mol. The van der Waals surface area contributed by atoms with E-state index in [9.17, 15) is 14.5 Å². The molecule has 0 fully saturated rings. The SMILES string of the molecule is O=[N+]([O-])c1c(Nc2ccc(F)c(Cl)c2)ncnc1Nc1cccc2ccccc12. The number of rotatable bonds is 5. The molecule has 1 aromatic heterocycles. The lowest BCUT2D eigenvalue weighted by atomic mass is 10.1. The van der Waals surface area contributed by atoms with Gasteiger partial charge in [-0.25, -0.2) is 14.4 Å². The van der Waals surface area contributed by atoms with Crippen molar-refractivity contribution in [1.29, 1.82) is 0 Å². The van der Waals surface area contributed by atoms with Gasteiger partial charge >= 0.3 is 5.69 Å². The Morgan fingerprint density at radius 3 is 2.45 bits per heavy atom. The van der Waals surface area contributed by atoms with E-state index in [0.717, 1.165) is 16.8 Å². The van der Waals surface area contributed by atoms with Crippen LogP contribution in [0.2, 0.25) is 5.02 Å². The van der Waals surface area contributed by atoms with Crippen LogP contribution in [-0.2, 0) is 0 Å². The highest BCUT2D eigenvalue weighted by Crippen LogP contribution is 2.35. The maximum Gasteiger partial charge on any atom is 0.353 e. The molecule has 1 heterocycles. The molecule has 4 aromatic rings. The Bertz CT molecular complexity index is 1230. The molecular weight excluding hydrogens is 397 g/mol. The molecule has 144 valence electrons. The smallest absolute Gasteiger partial charge is 0.334 e. The van der Waals surface area contributed by atoms with Gasteiger partial charge in [0.15, 0.2) is 0 Å². The number of hydrogen-bond acceptors (Lipinski definition) is 6. The minimum absolute atomic E-state index is 0.0251. The van der Waals surface area contributed by atoms with Gasteiger partial charge < -0.3 is 10.6 Å². The fraction of sp³-hybridized carbons (Fsp3) is 0. The number of halogens is 2. The molecule has 0 amide bonds. The third-order valence-corrected chi connectivity index (χ3v) is 4.52. The highest BCUT2D eigenvalue weighted by Gasteiger charge is 2.24. The molecule has 0 aliphatic rings. The Morgan fingerprint density at radius 2 is 1.69 bits per heavy atom. The molecule has 0 saturated carbocycles. The lowest BCUT2D eigenvalue weighted by Gasteiger charge is -2.12. The average Bonchev–Trinajstić information content (AvgIpc) is 2.71. The summed E-state index contributed by atoms with van der Waals surface area (Å²) < 4.78 is 13.4. The molecule has 29 heavy (non-hydrogen) atoms. The van der Waals surface area contributed by atoms with Gasteiger partial charge in [-0.3, -0.25) is 10.1 Å². The van der Waals surface area contributed by atoms with E-state index in [4.69, 9.17) is 11.6 Å². The highest BCUT2D eigenvalue weighted by atomic mass is 35.5. The van der Waals surface area contributed by atoms with Gasteiger partial charge in [0.1, 0.15) is 12.1 Å². The van der Waals surface area contributed by atoms with Crippen LogP contribution >= 0.6 is 11.6 Å². The van der Waals surface area contributed by atoms with Gasteiger partial charge in [-0.05, 0) is 29.7 Å². The van der Waals surface area contributed by atoms with E-state index < -0.39 is 10.7 Å². The summed E-state index contributed by atoms with van der Waals surface area (Å²) in [5, 5.41) is 19.4. The van der Waals surface area contributed by atoms with Crippen molar-refractivity contribution in [3.05, 3.63) is 87.9 Å². The molecular formula is C20H13ClFN5O2. The minimum Gasteiger partial charge on any atom is -0.334 e. The van der Waals surface area contributed by atoms with E-state index in [1.165, 1.54) is 18.5 Å². The maximum atomic E-state index is 13.4. The lowest BCUT2D eigenvalue weighted by Crippen LogP contribution is -2.05. The molecule has 0 radical (unpaired) electrons. The van der Waals surface area contributed by atoms with Crippen LogP contribution in [0.15, 0.2) is 67.0 Å². The fourth-order valence-corrected chi connectivity index (χ4v) is 3.09. The zero-order valence-corrected chi connectivity index (χ0v) is 15.5. The van der Waals surface area contributed by atoms with Crippen molar-refractivity contribution >= 4 is 51.1 Å². The molecule has 0 aliphatic heterocycles. The maximum absolute atomic E-state index is 13.4. The summed E-state index contributed by atoms with van der Waals surface area (Å²) in [6.45, 7) is 0. The van der Waals surface area contributed by atoms with E-state index in [1.807, 2.05) is 36.4 Å². The minimum atomic E-state index is -0.590. The van der Waals surface area contributed by atoms with Crippen molar-refractivity contribution in [2.75, 3.05) is 10.6 Å². The Hall–Kier alpha value is -3.78. The van der Waals surface area contributed by atoms with E-state index >= 15 is 0 Å². The van der Waals surface area contributed by atoms with Gasteiger partial charge in [0, 0.05) is 16.8 Å². The first-order chi connectivity index (χ1) is 14.0. The molecule has 3 aromatic carbocycles. The summed E-state index contributed by atoms with van der Waals surface area (Å²) in [6.07, 6.45) is 1.20. The van der Waals surface area contributed by atoms with E-state index in [-0.39, 0.29) is 22.3 Å². The summed E-state index contributed by atoms with van der Waals surface area (Å²) in [6, 6.07) is 17.1. The molecule has 4 rings (SSSR count). The van der Waals surface area contributed by atoms with Crippen molar-refractivity contribution < 1.29 is 9.31 Å². The molecule has 2 N–H and O–H groups in total. The van der Waals surface area contributed by atoms with Crippen molar-refractivity contribution in [2.24, 2.45) is 0 Å². The first kappa shape index (κ1) is 18.6. The third-order valence-electron chi connectivity index (χ3n) is 4.23. The van der Waals surface area contributed by atoms with Gasteiger partial charge in [-0.2, -0.15) is 0 Å². The Morgan fingerprint density at radius 1 is 0.966 bits per heavy atom. The van der Waals surface area contributed by atoms with Crippen molar-refractivity contribution in [1.82, 2.24) is 9.97 Å². The zero-order valence-electron chi connectivity index (χ0n) is 14.8. The number of nitrogens with one attached hydrogen (secondary N) is 2. The normalized spacial score (nSPS) is 10.7. The monoisotopic (exact) mass is 409 g/mol. The largest absolute Gasteiger partial charge is 0.353 e. The first-order valence-corrected chi connectivity index (χ1v) is 8.87. The number of nitro groups is 1. The van der Waals surface area contributed by atoms with Gasteiger partial charge in [-0.1, -0.05) is 48.0 Å². The lowest BCUT2D eigenvalue weighted by molar-refractivity contribution is -0.383. The standard InChI is InChI=1S/C20H13ClFN5O2/c21-15-10-13(8-9-16(15)22)25-19-18(27(28)29)20(24-11-23-19)26-17-7-3-5-12-4-1-2-6-14(12)17/h1-11H,(H2,23,24,25,26). The Labute approximate surface area is 169 Å². The van der Waals surface area contributed by atoms with Crippen LogP contribution in [0.4, 0.5) is 33.1 Å². The molecule has 0 atom stereocenters. The molecule has 0 saturated heterocycles. The predicted molar refractivity (Wildman–Crippen MR) is 111 cm³/mol. The molecule has 0 aliphatic carbocycles. The summed E-state index contributed by atoms with van der Waals surface area (Å²) in [4.78, 5) is 19.2. The van der Waals surface area contributed by atoms with Crippen molar-refractivity contribution in [3.63, 3.8) is 0 Å². The summed E-state index contributed by atoms with van der Waals surface area (Å²) in [5.74, 6) is -0.611. The number of aromatic nitrogens is 2. The first-order valence-electron chi connectivity index (χ1n) is 8.49. The van der Waals surface area contributed by atoms with Gasteiger partial charge in [0.05, 0.1) is 9.95 Å². The van der Waals surface area contributed by atoms with Crippen molar-refractivity contribution in [3.8, 4) is 0 Å². The van der Waals surface area contributed by atoms with E-state index in [1.54, 1.807) is 6.07 Å². The van der Waals surface area contributed by atoms with Gasteiger partial charge in [0.25, 0.3) is 0 Å². The van der Waals surface area contributed by atoms with Crippen molar-refractivity contribution in [2.45, 2.75) is 0 Å². The summed E-state index contributed by atoms with van der Waals surface area (Å²) in [5.41, 5.74) is 0.677. The number of nitrogens with zero attached hydrogens (tertiary/aromatic N) is 3. The second kappa shape index (κ2) is 7.69. The van der Waals surface area contributed by atoms with Gasteiger partial charge in [-0.15, -0.1) is 0 Å². The van der Waals surface area contributed by atoms with Crippen LogP contribution in [0.1, 0.15) is 0 Å². The number of benzene rings is 3. The second-order valence-corrected chi connectivity index (χ2v) is 6.49. The summed E-state index contributed by atoms with van der Waals surface area (Å²) >= 11 is 5.78. The topological polar surface area (TPSA) is 93.0 Å². The quantitative estimate of drug-likeness (QED) is 0.319. The highest BCUT2D eigenvalue weighted by molar-refractivity contribution is 6.31. The van der Waals surface area contributed by atoms with E-state index in [0.29, 0.717) is 11.4 Å². The number of fused-ring (bicyclic) bond motifs is 1. The van der Waals surface area contributed by atoms with Crippen LogP contribution in [0, 0.1) is 15.9 Å². The molecule has 0 unspecified atom stereocenters. The second-order valence-electron chi connectivity index (χ2n) is 6.08. The Balaban J connectivity index is 1.75. The van der Waals surface area contributed by atoms with Crippen LogP contribution in [-0.4, -0.2) is 14.9 Å². The van der Waals surface area contributed by atoms with Crippen LogP contribution in [0.25, 0.3) is 10.8 Å². The molecule has 7 nitrogen and oxygen atoms in total. The van der Waals surface area contributed by atoms with Crippen LogP contribution < -0.4 is 10.6 Å². The number of anilines is 4. The molecule has 9 heteroatoms.